The Morgan fingerprint density at radius 3 is 2.38 bits per heavy atom. The van der Waals surface area contributed by atoms with Gasteiger partial charge >= 0.3 is 5.97 Å². The molecule has 4 fully saturated rings. The first-order valence-corrected chi connectivity index (χ1v) is 8.82. The molecule has 0 unspecified atom stereocenters. The van der Waals surface area contributed by atoms with Gasteiger partial charge in [0.05, 0.1) is 16.0 Å². The van der Waals surface area contributed by atoms with Crippen molar-refractivity contribution in [2.24, 2.45) is 28.3 Å². The molecule has 0 radical (unpaired) electrons. The summed E-state index contributed by atoms with van der Waals surface area (Å²) in [5.74, 6) is 2.20. The number of oxime groups is 1. The van der Waals surface area contributed by atoms with E-state index in [2.05, 4.69) is 5.16 Å². The van der Waals surface area contributed by atoms with Crippen molar-refractivity contribution < 1.29 is 9.63 Å². The number of rotatable bonds is 3. The van der Waals surface area contributed by atoms with Gasteiger partial charge in [-0.3, -0.25) is 0 Å². The third kappa shape index (κ3) is 2.33. The minimum Gasteiger partial charge on any atom is -0.317 e. The zero-order valence-electron chi connectivity index (χ0n) is 12.4. The van der Waals surface area contributed by atoms with Crippen LogP contribution in [0.4, 0.5) is 0 Å². The highest BCUT2D eigenvalue weighted by Crippen LogP contribution is 2.60. The molecule has 5 rings (SSSR count). The lowest BCUT2D eigenvalue weighted by Gasteiger charge is -2.54. The molecule has 1 aromatic heterocycles. The van der Waals surface area contributed by atoms with Crippen molar-refractivity contribution >= 4 is 23.0 Å². The van der Waals surface area contributed by atoms with Crippen molar-refractivity contribution in [3.05, 3.63) is 22.4 Å². The van der Waals surface area contributed by atoms with Crippen LogP contribution >= 0.6 is 11.3 Å². The number of thiophene rings is 1. The summed E-state index contributed by atoms with van der Waals surface area (Å²) in [7, 11) is 0. The second-order valence-corrected chi connectivity index (χ2v) is 8.18. The zero-order valence-corrected chi connectivity index (χ0v) is 13.2. The standard InChI is InChI=1S/C17H21NO2S/c1-11(15-3-2-4-21-15)18-20-16(19)17-8-12-5-13(9-17)7-14(6-12)10-17/h2-4,12-14H,5-10H2,1H3. The van der Waals surface area contributed by atoms with Crippen LogP contribution in [0.15, 0.2) is 22.7 Å². The van der Waals surface area contributed by atoms with Crippen LogP contribution in [0.2, 0.25) is 0 Å². The molecule has 21 heavy (non-hydrogen) atoms. The highest BCUT2D eigenvalue weighted by molar-refractivity contribution is 7.12. The summed E-state index contributed by atoms with van der Waals surface area (Å²) in [6, 6.07) is 3.99. The van der Waals surface area contributed by atoms with Crippen molar-refractivity contribution in [1.29, 1.82) is 0 Å². The molecule has 0 atom stereocenters. The minimum atomic E-state index is -0.214. The monoisotopic (exact) mass is 303 g/mol. The van der Waals surface area contributed by atoms with E-state index >= 15 is 0 Å². The highest BCUT2D eigenvalue weighted by Gasteiger charge is 2.55. The minimum absolute atomic E-state index is 0.0718. The maximum atomic E-state index is 12.6. The largest absolute Gasteiger partial charge is 0.341 e. The fourth-order valence-corrected chi connectivity index (χ4v) is 5.77. The van der Waals surface area contributed by atoms with Gasteiger partial charge in [-0.15, -0.1) is 11.3 Å². The molecule has 0 N–H and O–H groups in total. The van der Waals surface area contributed by atoms with Crippen molar-refractivity contribution in [2.45, 2.75) is 45.4 Å². The third-order valence-corrected chi connectivity index (χ3v) is 6.59. The summed E-state index contributed by atoms with van der Waals surface area (Å²) < 4.78 is 0. The summed E-state index contributed by atoms with van der Waals surface area (Å²) in [6.07, 6.45) is 7.11. The fourth-order valence-electron chi connectivity index (χ4n) is 5.10. The van der Waals surface area contributed by atoms with E-state index in [9.17, 15) is 4.79 Å². The molecular weight excluding hydrogens is 282 g/mol. The van der Waals surface area contributed by atoms with E-state index in [1.165, 1.54) is 19.3 Å². The van der Waals surface area contributed by atoms with E-state index in [0.717, 1.165) is 47.6 Å². The van der Waals surface area contributed by atoms with E-state index in [1.54, 1.807) is 11.3 Å². The summed E-state index contributed by atoms with van der Waals surface area (Å²) in [4.78, 5) is 19.1. The van der Waals surface area contributed by atoms with Gasteiger partial charge in [0.1, 0.15) is 0 Å². The lowest BCUT2D eigenvalue weighted by molar-refractivity contribution is -0.171. The van der Waals surface area contributed by atoms with Crippen molar-refractivity contribution in [3.8, 4) is 0 Å². The predicted octanol–water partition coefficient (Wildman–Crippen LogP) is 4.23. The Morgan fingerprint density at radius 1 is 1.24 bits per heavy atom. The molecule has 0 aliphatic heterocycles. The molecule has 0 aromatic carbocycles. The Balaban J connectivity index is 1.49. The Hall–Kier alpha value is -1.16. The average Bonchev–Trinajstić information content (AvgIpc) is 2.97. The van der Waals surface area contributed by atoms with Crippen molar-refractivity contribution in [2.75, 3.05) is 0 Å². The lowest BCUT2D eigenvalue weighted by Crippen LogP contribution is -2.50. The van der Waals surface area contributed by atoms with Crippen LogP contribution in [0, 0.1) is 23.2 Å². The second-order valence-electron chi connectivity index (χ2n) is 7.23. The van der Waals surface area contributed by atoms with E-state index in [1.807, 2.05) is 24.4 Å². The van der Waals surface area contributed by atoms with Gasteiger partial charge in [0, 0.05) is 0 Å². The summed E-state index contributed by atoms with van der Waals surface area (Å²) >= 11 is 1.62. The quantitative estimate of drug-likeness (QED) is 0.476. The summed E-state index contributed by atoms with van der Waals surface area (Å²) in [5, 5.41) is 6.11. The molecule has 1 aromatic rings. The molecule has 3 nitrogen and oxygen atoms in total. The van der Waals surface area contributed by atoms with Gasteiger partial charge in [-0.1, -0.05) is 11.2 Å². The maximum absolute atomic E-state index is 12.6. The van der Waals surface area contributed by atoms with Gasteiger partial charge < -0.3 is 4.84 Å². The molecule has 112 valence electrons. The smallest absolute Gasteiger partial charge is 0.317 e. The lowest BCUT2D eigenvalue weighted by atomic mass is 9.49. The number of nitrogens with zero attached hydrogens (tertiary/aromatic N) is 1. The molecule has 1 heterocycles. The number of hydrogen-bond acceptors (Lipinski definition) is 4. The zero-order chi connectivity index (χ0) is 14.4. The Bertz CT molecular complexity index is 540. The van der Waals surface area contributed by atoms with E-state index in [-0.39, 0.29) is 11.4 Å². The summed E-state index contributed by atoms with van der Waals surface area (Å²) in [5.41, 5.74) is 0.580. The van der Waals surface area contributed by atoms with Gasteiger partial charge in [-0.25, -0.2) is 4.79 Å². The molecule has 4 bridgehead atoms. The number of carbonyl (C=O) groups is 1. The Morgan fingerprint density at radius 2 is 1.86 bits per heavy atom. The first kappa shape index (κ1) is 13.5. The van der Waals surface area contributed by atoms with E-state index in [0.29, 0.717) is 0 Å². The Labute approximate surface area is 129 Å². The van der Waals surface area contributed by atoms with E-state index < -0.39 is 0 Å². The molecule has 4 aliphatic carbocycles. The molecule has 4 aliphatic rings. The Kier molecular flexibility index (Phi) is 3.18. The van der Waals surface area contributed by atoms with Crippen LogP contribution in [0.1, 0.15) is 50.3 Å². The van der Waals surface area contributed by atoms with Crippen LogP contribution in [-0.2, 0) is 9.63 Å². The van der Waals surface area contributed by atoms with Gasteiger partial charge in [0.15, 0.2) is 0 Å². The highest BCUT2D eigenvalue weighted by atomic mass is 32.1. The molecule has 4 heteroatoms. The topological polar surface area (TPSA) is 38.7 Å². The molecular formula is C17H21NO2S. The SMILES string of the molecule is CC(=NOC(=O)C12CC3CC(CC(C3)C1)C2)c1cccs1. The van der Waals surface area contributed by atoms with Gasteiger partial charge in [-0.05, 0) is 74.6 Å². The fraction of sp³-hybridized carbons (Fsp3) is 0.647. The molecule has 0 spiro atoms. The van der Waals surface area contributed by atoms with Gasteiger partial charge in [-0.2, -0.15) is 0 Å². The molecule has 4 saturated carbocycles. The summed E-state index contributed by atoms with van der Waals surface area (Å²) in [6.45, 7) is 1.90. The van der Waals surface area contributed by atoms with Crippen molar-refractivity contribution in [3.63, 3.8) is 0 Å². The van der Waals surface area contributed by atoms with Crippen molar-refractivity contribution in [1.82, 2.24) is 0 Å². The van der Waals surface area contributed by atoms with Gasteiger partial charge in [0.2, 0.25) is 0 Å². The average molecular weight is 303 g/mol. The van der Waals surface area contributed by atoms with Crippen LogP contribution in [0.25, 0.3) is 0 Å². The predicted molar refractivity (Wildman–Crippen MR) is 83.2 cm³/mol. The maximum Gasteiger partial charge on any atom is 0.341 e. The third-order valence-electron chi connectivity index (χ3n) is 5.61. The van der Waals surface area contributed by atoms with Crippen LogP contribution in [0.5, 0.6) is 0 Å². The van der Waals surface area contributed by atoms with Gasteiger partial charge in [0.25, 0.3) is 0 Å². The normalized spacial score (nSPS) is 37.8. The van der Waals surface area contributed by atoms with E-state index in [4.69, 9.17) is 4.84 Å². The first-order valence-electron chi connectivity index (χ1n) is 7.94. The molecule has 0 saturated heterocycles. The van der Waals surface area contributed by atoms with Crippen LogP contribution < -0.4 is 0 Å². The van der Waals surface area contributed by atoms with Crippen LogP contribution in [0.3, 0.4) is 0 Å². The molecule has 0 amide bonds. The number of hydrogen-bond donors (Lipinski definition) is 0. The number of carbonyl (C=O) groups excluding carboxylic acids is 1. The second kappa shape index (κ2) is 4.94. The van der Waals surface area contributed by atoms with Crippen LogP contribution in [-0.4, -0.2) is 11.7 Å². The first-order chi connectivity index (χ1) is 10.1.